The van der Waals surface area contributed by atoms with E-state index in [0.717, 1.165) is 25.9 Å². The molecule has 90 valence electrons. The van der Waals surface area contributed by atoms with Crippen LogP contribution >= 0.6 is 0 Å². The van der Waals surface area contributed by atoms with Gasteiger partial charge in [0.15, 0.2) is 0 Å². The van der Waals surface area contributed by atoms with Gasteiger partial charge in [0.2, 0.25) is 0 Å². The van der Waals surface area contributed by atoms with Crippen molar-refractivity contribution in [1.29, 1.82) is 0 Å². The number of unbranched alkanes of at least 4 members (excludes halogenated alkanes) is 1. The Hall–Kier alpha value is -0.860. The predicted molar refractivity (Wildman–Crippen MR) is 70.5 cm³/mol. The molecule has 1 rings (SSSR count). The molecule has 16 heavy (non-hydrogen) atoms. The van der Waals surface area contributed by atoms with Gasteiger partial charge in [0.1, 0.15) is 0 Å². The van der Waals surface area contributed by atoms with Crippen LogP contribution in [0.3, 0.4) is 0 Å². The summed E-state index contributed by atoms with van der Waals surface area (Å²) in [6.07, 6.45) is 4.69. The molecule has 0 bridgehead atoms. The van der Waals surface area contributed by atoms with Crippen LogP contribution in [0.15, 0.2) is 30.3 Å². The summed E-state index contributed by atoms with van der Waals surface area (Å²) in [6, 6.07) is 10.9. The molecule has 0 aromatic heterocycles. The van der Waals surface area contributed by atoms with E-state index in [2.05, 4.69) is 42.6 Å². The Morgan fingerprint density at radius 1 is 1.25 bits per heavy atom. The summed E-state index contributed by atoms with van der Waals surface area (Å²) in [5, 5.41) is 3.42. The van der Waals surface area contributed by atoms with Crippen LogP contribution in [0.5, 0.6) is 0 Å². The Bertz CT molecular complexity index is 259. The smallest absolute Gasteiger partial charge is 0.0165 e. The van der Waals surface area contributed by atoms with Crippen LogP contribution in [-0.2, 0) is 6.42 Å². The van der Waals surface area contributed by atoms with Gasteiger partial charge in [-0.15, -0.1) is 0 Å². The molecule has 1 aromatic rings. The summed E-state index contributed by atoms with van der Waals surface area (Å²) in [5.74, 6) is 0. The van der Waals surface area contributed by atoms with Gasteiger partial charge in [0, 0.05) is 12.6 Å². The normalized spacial score (nSPS) is 12.6. The lowest BCUT2D eigenvalue weighted by Gasteiger charge is -2.12. The zero-order valence-electron chi connectivity index (χ0n) is 10.3. The predicted octanol–water partition coefficient (Wildman–Crippen LogP) is 2.34. The van der Waals surface area contributed by atoms with E-state index in [1.807, 2.05) is 0 Å². The first-order valence-electron chi connectivity index (χ1n) is 6.33. The van der Waals surface area contributed by atoms with E-state index in [0.29, 0.717) is 6.04 Å². The Kier molecular flexibility index (Phi) is 6.86. The fourth-order valence-electron chi connectivity index (χ4n) is 1.73. The number of hydrogen-bond acceptors (Lipinski definition) is 2. The van der Waals surface area contributed by atoms with Crippen molar-refractivity contribution < 1.29 is 0 Å². The molecule has 0 saturated heterocycles. The fourth-order valence-corrected chi connectivity index (χ4v) is 1.73. The topological polar surface area (TPSA) is 38.0 Å². The van der Waals surface area contributed by atoms with E-state index < -0.39 is 0 Å². The molecule has 1 atom stereocenters. The van der Waals surface area contributed by atoms with E-state index in [1.165, 1.54) is 18.4 Å². The van der Waals surface area contributed by atoms with Gasteiger partial charge in [-0.25, -0.2) is 0 Å². The van der Waals surface area contributed by atoms with Gasteiger partial charge in [-0.1, -0.05) is 50.1 Å². The van der Waals surface area contributed by atoms with Crippen LogP contribution < -0.4 is 11.1 Å². The minimum atomic E-state index is 0.315. The van der Waals surface area contributed by atoms with Gasteiger partial charge in [-0.2, -0.15) is 0 Å². The molecule has 1 unspecified atom stereocenters. The lowest BCUT2D eigenvalue weighted by Crippen LogP contribution is -2.34. The zero-order valence-corrected chi connectivity index (χ0v) is 10.3. The third kappa shape index (κ3) is 5.89. The maximum Gasteiger partial charge on any atom is 0.0165 e. The number of nitrogens with two attached hydrogens (primary N) is 1. The number of hydrogen-bond donors (Lipinski definition) is 2. The third-order valence-corrected chi connectivity index (χ3v) is 2.77. The molecule has 0 spiro atoms. The van der Waals surface area contributed by atoms with Crippen molar-refractivity contribution >= 4 is 0 Å². The van der Waals surface area contributed by atoms with Crippen molar-refractivity contribution in [2.45, 2.75) is 38.6 Å². The lowest BCUT2D eigenvalue weighted by atomic mass is 10.1. The first-order chi connectivity index (χ1) is 7.83. The largest absolute Gasteiger partial charge is 0.327 e. The van der Waals surface area contributed by atoms with Crippen molar-refractivity contribution in [2.24, 2.45) is 5.73 Å². The molecule has 0 fully saturated rings. The van der Waals surface area contributed by atoms with Crippen LogP contribution in [0, 0.1) is 0 Å². The van der Waals surface area contributed by atoms with Crippen molar-refractivity contribution in [3.8, 4) is 0 Å². The molecule has 0 aliphatic rings. The highest BCUT2D eigenvalue weighted by Crippen LogP contribution is 1.99. The summed E-state index contributed by atoms with van der Waals surface area (Å²) in [7, 11) is 0. The molecular formula is C14H24N2. The van der Waals surface area contributed by atoms with Crippen molar-refractivity contribution in [2.75, 3.05) is 13.1 Å². The molecule has 0 aliphatic heterocycles. The molecule has 0 heterocycles. The summed E-state index contributed by atoms with van der Waals surface area (Å²) in [6.45, 7) is 4.16. The number of benzene rings is 1. The van der Waals surface area contributed by atoms with Crippen LogP contribution in [0.25, 0.3) is 0 Å². The first-order valence-corrected chi connectivity index (χ1v) is 6.33. The summed E-state index contributed by atoms with van der Waals surface area (Å²) < 4.78 is 0. The van der Waals surface area contributed by atoms with Gasteiger partial charge in [-0.3, -0.25) is 0 Å². The second kappa shape index (κ2) is 8.31. The maximum absolute atomic E-state index is 5.98. The molecular weight excluding hydrogens is 196 g/mol. The lowest BCUT2D eigenvalue weighted by molar-refractivity contribution is 0.526. The zero-order chi connectivity index (χ0) is 11.6. The second-order valence-electron chi connectivity index (χ2n) is 4.34. The Morgan fingerprint density at radius 2 is 2.00 bits per heavy atom. The highest BCUT2D eigenvalue weighted by Gasteiger charge is 2.00. The Balaban J connectivity index is 2.03. The minimum absolute atomic E-state index is 0.315. The van der Waals surface area contributed by atoms with Gasteiger partial charge >= 0.3 is 0 Å². The molecule has 2 heteroatoms. The van der Waals surface area contributed by atoms with Crippen molar-refractivity contribution in [1.82, 2.24) is 5.32 Å². The minimum Gasteiger partial charge on any atom is -0.327 e. The quantitative estimate of drug-likeness (QED) is 0.660. The SMILES string of the molecule is CCCCC(N)CNCCc1ccccc1. The monoisotopic (exact) mass is 220 g/mol. The van der Waals surface area contributed by atoms with Gasteiger partial charge in [0.05, 0.1) is 0 Å². The summed E-state index contributed by atoms with van der Waals surface area (Å²) >= 11 is 0. The summed E-state index contributed by atoms with van der Waals surface area (Å²) in [5.41, 5.74) is 7.36. The summed E-state index contributed by atoms with van der Waals surface area (Å²) in [4.78, 5) is 0. The average Bonchev–Trinajstić information content (AvgIpc) is 2.33. The fraction of sp³-hybridized carbons (Fsp3) is 0.571. The van der Waals surface area contributed by atoms with Crippen LogP contribution in [0.1, 0.15) is 31.7 Å². The van der Waals surface area contributed by atoms with Crippen LogP contribution in [0.2, 0.25) is 0 Å². The van der Waals surface area contributed by atoms with Gasteiger partial charge < -0.3 is 11.1 Å². The van der Waals surface area contributed by atoms with Gasteiger partial charge in [-0.05, 0) is 24.9 Å². The highest BCUT2D eigenvalue weighted by atomic mass is 14.9. The maximum atomic E-state index is 5.98. The molecule has 3 N–H and O–H groups in total. The average molecular weight is 220 g/mol. The van der Waals surface area contributed by atoms with Crippen LogP contribution in [0.4, 0.5) is 0 Å². The molecule has 0 aliphatic carbocycles. The molecule has 0 amide bonds. The third-order valence-electron chi connectivity index (χ3n) is 2.77. The molecule has 1 aromatic carbocycles. The van der Waals surface area contributed by atoms with E-state index in [9.17, 15) is 0 Å². The number of nitrogens with one attached hydrogen (secondary N) is 1. The van der Waals surface area contributed by atoms with Crippen molar-refractivity contribution in [3.63, 3.8) is 0 Å². The molecule has 0 saturated carbocycles. The number of rotatable bonds is 8. The molecule has 2 nitrogen and oxygen atoms in total. The second-order valence-corrected chi connectivity index (χ2v) is 4.34. The highest BCUT2D eigenvalue weighted by molar-refractivity contribution is 5.14. The van der Waals surface area contributed by atoms with Gasteiger partial charge in [0.25, 0.3) is 0 Å². The first kappa shape index (κ1) is 13.2. The van der Waals surface area contributed by atoms with E-state index in [4.69, 9.17) is 5.73 Å². The standard InChI is InChI=1S/C14H24N2/c1-2-3-9-14(15)12-16-11-10-13-7-5-4-6-8-13/h4-8,14,16H,2-3,9-12,15H2,1H3. The van der Waals surface area contributed by atoms with Crippen LogP contribution in [-0.4, -0.2) is 19.1 Å². The molecule has 0 radical (unpaired) electrons. The van der Waals surface area contributed by atoms with E-state index in [-0.39, 0.29) is 0 Å². The van der Waals surface area contributed by atoms with E-state index >= 15 is 0 Å². The Morgan fingerprint density at radius 3 is 2.69 bits per heavy atom. The van der Waals surface area contributed by atoms with Crippen molar-refractivity contribution in [3.05, 3.63) is 35.9 Å². The van der Waals surface area contributed by atoms with E-state index in [1.54, 1.807) is 0 Å². The Labute approximate surface area is 99.2 Å².